The molecule has 21 nitrogen and oxygen atoms in total. The molecule has 1 fully saturated rings. The van der Waals surface area contributed by atoms with E-state index in [4.69, 9.17) is 20.6 Å². The number of nitrogens with two attached hydrogens (primary N) is 2. The highest BCUT2D eigenvalue weighted by Crippen LogP contribution is 2.56. The van der Waals surface area contributed by atoms with Crippen LogP contribution in [-0.2, 0) is 41.6 Å². The number of allylic oxidation sites excluding steroid dienone is 1. The lowest BCUT2D eigenvalue weighted by atomic mass is 9.57. The third kappa shape index (κ3) is 6.64. The standard InChI is InChI=1S/C51H50N8O13/c1-57(2)31-10-9-25(49-56-13-14-71-49)34-27(31)16-21-17-29-38(42(63)36(48(53)68)44(65)50(29,69)43(64)32(21)40(34)61)59(5)20-72-46-33-22(15-26-23(30-19-54-11-12-55-30)7-6-8-24(26)39(33)60)18-28-37(58(3)4)41(62)35(47(52)67)45(66)51(28,46)70/h6-14,19,21-22,28-29,37-38,61,65-66,69-70H,15-18,20H2,1-5H3,(H2,52,67)(H2,53,68)/t21-,22-,28-,29-,37-,38-,50-,51+/m0/s1. The Hall–Kier alpha value is -7.85. The molecule has 2 aromatic carbocycles. The van der Waals surface area contributed by atoms with Crippen molar-refractivity contribution in [3.63, 3.8) is 0 Å². The number of fused-ring (bicyclic) bond motifs is 6. The lowest BCUT2D eigenvalue weighted by molar-refractivity contribution is -0.158. The van der Waals surface area contributed by atoms with Crippen molar-refractivity contribution >= 4 is 46.4 Å². The van der Waals surface area contributed by atoms with Crippen molar-refractivity contribution in [1.82, 2.24) is 24.8 Å². The van der Waals surface area contributed by atoms with Crippen LogP contribution < -0.4 is 16.4 Å². The molecule has 2 heterocycles. The van der Waals surface area contributed by atoms with Crippen LogP contribution in [0.2, 0.25) is 0 Å². The predicted octanol–water partition coefficient (Wildman–Crippen LogP) is 1.65. The van der Waals surface area contributed by atoms with Crippen molar-refractivity contribution in [3.8, 4) is 22.7 Å². The molecule has 21 heteroatoms. The van der Waals surface area contributed by atoms with E-state index >= 15 is 9.59 Å². The number of aliphatic hydroxyl groups excluding tert-OH is 3. The number of anilines is 1. The molecule has 0 spiro atoms. The lowest BCUT2D eigenvalue weighted by Gasteiger charge is -2.52. The van der Waals surface area contributed by atoms with Crippen molar-refractivity contribution < 1.29 is 63.5 Å². The molecule has 0 saturated heterocycles. The Labute approximate surface area is 410 Å². The average molecular weight is 983 g/mol. The monoisotopic (exact) mass is 982 g/mol. The van der Waals surface area contributed by atoms with E-state index in [0.29, 0.717) is 33.6 Å². The van der Waals surface area contributed by atoms with E-state index in [1.165, 1.54) is 55.8 Å². The summed E-state index contributed by atoms with van der Waals surface area (Å²) in [5.41, 5.74) is 6.84. The maximum Gasteiger partial charge on any atom is 0.255 e. The quantitative estimate of drug-likeness (QED) is 0.0877. The van der Waals surface area contributed by atoms with E-state index in [-0.39, 0.29) is 53.8 Å². The van der Waals surface area contributed by atoms with Gasteiger partial charge in [0.05, 0.1) is 30.2 Å². The summed E-state index contributed by atoms with van der Waals surface area (Å²) in [5, 5.41) is 61.8. The molecule has 0 unspecified atom stereocenters. The van der Waals surface area contributed by atoms with Crippen LogP contribution in [0.5, 0.6) is 0 Å². The zero-order valence-corrected chi connectivity index (χ0v) is 39.6. The number of ether oxygens (including phenoxy) is 1. The van der Waals surface area contributed by atoms with Gasteiger partial charge in [-0.1, -0.05) is 18.2 Å². The Morgan fingerprint density at radius 2 is 1.39 bits per heavy atom. The van der Waals surface area contributed by atoms with Gasteiger partial charge >= 0.3 is 0 Å². The van der Waals surface area contributed by atoms with Gasteiger partial charge in [-0.3, -0.25) is 48.5 Å². The first-order chi connectivity index (χ1) is 34.2. The first-order valence-electron chi connectivity index (χ1n) is 23.0. The Balaban J connectivity index is 1.10. The minimum atomic E-state index is -3.04. The van der Waals surface area contributed by atoms with Gasteiger partial charge in [0.25, 0.3) is 11.8 Å². The van der Waals surface area contributed by atoms with E-state index in [1.54, 1.807) is 50.6 Å². The number of carbonyl (C=O) groups excluding carboxylic acids is 6. The molecule has 2 amide bonds. The maximum absolute atomic E-state index is 15.1. The number of benzene rings is 2. The largest absolute Gasteiger partial charge is 0.508 e. The number of hydrogen-bond donors (Lipinski definition) is 7. The number of carbonyl (C=O) groups is 6. The molecule has 0 aliphatic heterocycles. The molecule has 9 N–H and O–H groups in total. The molecular formula is C51H50N8O13. The number of aliphatic hydroxyl groups is 5. The first kappa shape index (κ1) is 47.8. The summed E-state index contributed by atoms with van der Waals surface area (Å²) < 4.78 is 12.1. The summed E-state index contributed by atoms with van der Waals surface area (Å²) in [6, 6.07) is 5.44. The minimum Gasteiger partial charge on any atom is -0.508 e. The van der Waals surface area contributed by atoms with Gasteiger partial charge < -0.3 is 51.1 Å². The zero-order chi connectivity index (χ0) is 51.6. The molecule has 6 aliphatic rings. The van der Waals surface area contributed by atoms with Crippen LogP contribution >= 0.6 is 0 Å². The molecule has 1 saturated carbocycles. The second-order valence-electron chi connectivity index (χ2n) is 19.6. The van der Waals surface area contributed by atoms with Gasteiger partial charge in [-0.15, -0.1) is 0 Å². The number of oxazole rings is 1. The molecule has 10 rings (SSSR count). The Morgan fingerprint density at radius 3 is 2.00 bits per heavy atom. The van der Waals surface area contributed by atoms with Gasteiger partial charge in [0.15, 0.2) is 28.6 Å². The first-order valence-corrected chi connectivity index (χ1v) is 23.0. The molecule has 4 aromatic rings. The number of ketones is 4. The maximum atomic E-state index is 15.1. The van der Waals surface area contributed by atoms with Crippen LogP contribution in [-0.4, -0.2) is 150 Å². The summed E-state index contributed by atoms with van der Waals surface area (Å²) in [6.45, 7) is -0.796. The van der Waals surface area contributed by atoms with Gasteiger partial charge in [0, 0.05) is 77.4 Å². The fourth-order valence-corrected chi connectivity index (χ4v) is 12.4. The molecule has 72 heavy (non-hydrogen) atoms. The van der Waals surface area contributed by atoms with Gasteiger partial charge in [-0.2, -0.15) is 0 Å². The van der Waals surface area contributed by atoms with Crippen LogP contribution in [0.15, 0.2) is 105 Å². The third-order valence-corrected chi connectivity index (χ3v) is 15.4. The molecule has 8 atom stereocenters. The number of nitrogens with zero attached hydrogens (tertiary/aromatic N) is 6. The second kappa shape index (κ2) is 16.9. The van der Waals surface area contributed by atoms with Crippen LogP contribution in [0, 0.1) is 23.7 Å². The lowest BCUT2D eigenvalue weighted by Crippen LogP contribution is -2.66. The van der Waals surface area contributed by atoms with E-state index in [1.807, 2.05) is 4.90 Å². The highest BCUT2D eigenvalue weighted by Gasteiger charge is 2.66. The minimum absolute atomic E-state index is 0.0805. The normalized spacial score (nSPS) is 27.8. The van der Waals surface area contributed by atoms with Crippen LogP contribution in [0.25, 0.3) is 28.5 Å². The van der Waals surface area contributed by atoms with Crippen molar-refractivity contribution in [2.45, 2.75) is 49.0 Å². The summed E-state index contributed by atoms with van der Waals surface area (Å²) in [6.07, 6.45) is 7.18. The summed E-state index contributed by atoms with van der Waals surface area (Å²) in [4.78, 5) is 102. The number of rotatable bonds is 10. The summed E-state index contributed by atoms with van der Waals surface area (Å²) in [5.74, 6) is -14.6. The van der Waals surface area contributed by atoms with Crippen molar-refractivity contribution in [2.75, 3.05) is 46.9 Å². The molecule has 6 aliphatic carbocycles. The smallest absolute Gasteiger partial charge is 0.255 e. The molecule has 0 bridgehead atoms. The van der Waals surface area contributed by atoms with Gasteiger partial charge in [-0.05, 0) is 81.9 Å². The predicted molar refractivity (Wildman–Crippen MR) is 253 cm³/mol. The molecule has 2 aromatic heterocycles. The van der Waals surface area contributed by atoms with E-state index < -0.39 is 123 Å². The zero-order valence-electron chi connectivity index (χ0n) is 39.6. The number of Topliss-reactive ketones (excluding diaryl/α,β-unsaturated/α-hetero) is 4. The van der Waals surface area contributed by atoms with Gasteiger partial charge in [-0.25, -0.2) is 4.98 Å². The average Bonchev–Trinajstić information content (AvgIpc) is 3.87. The molecular weight excluding hydrogens is 933 g/mol. The number of amides is 2. The molecule has 0 radical (unpaired) electrons. The van der Waals surface area contributed by atoms with Gasteiger partial charge in [0.1, 0.15) is 47.2 Å². The summed E-state index contributed by atoms with van der Waals surface area (Å²) >= 11 is 0. The SMILES string of the molecule is CN(C)c1ccc(-c2ncco2)c2c1C[C@H]1C[C@H]3[C@H](N(C)COC4=C5C(=O)c6cccc(-c7cnccn7)c6C[C@H]5C[C@H]5[C@H](N(C)C)C(=O)C(C(N)=O)=C(O)[C@@]45O)C(=O)C(C(N)=O)=C(O)[C@@]3(O)C(=O)C1=C2O. The highest BCUT2D eigenvalue weighted by molar-refractivity contribution is 6.25. The number of likely N-dealkylation sites (N-methyl/N-ethyl adjacent to an activating group) is 2. The Morgan fingerprint density at radius 1 is 0.764 bits per heavy atom. The van der Waals surface area contributed by atoms with Crippen LogP contribution in [0.3, 0.4) is 0 Å². The number of hydrogen-bond acceptors (Lipinski definition) is 19. The second-order valence-corrected chi connectivity index (χ2v) is 19.6. The summed E-state index contributed by atoms with van der Waals surface area (Å²) in [7, 11) is 7.98. The Bertz CT molecular complexity index is 3210. The number of aromatic nitrogens is 3. The fraction of sp³-hybridized carbons (Fsp3) is 0.353. The van der Waals surface area contributed by atoms with Crippen molar-refractivity contribution in [2.24, 2.45) is 35.1 Å². The highest BCUT2D eigenvalue weighted by atomic mass is 16.5. The fourth-order valence-electron chi connectivity index (χ4n) is 12.4. The van der Waals surface area contributed by atoms with Crippen LogP contribution in [0.1, 0.15) is 39.9 Å². The Kier molecular flexibility index (Phi) is 11.2. The van der Waals surface area contributed by atoms with Gasteiger partial charge in [0.2, 0.25) is 11.7 Å². The van der Waals surface area contributed by atoms with Crippen LogP contribution in [0.4, 0.5) is 5.69 Å². The third-order valence-electron chi connectivity index (χ3n) is 15.4. The molecule has 372 valence electrons. The topological polar surface area (TPSA) is 326 Å². The van der Waals surface area contributed by atoms with Crippen molar-refractivity contribution in [3.05, 3.63) is 123 Å². The van der Waals surface area contributed by atoms with E-state index in [2.05, 4.69) is 15.0 Å². The van der Waals surface area contributed by atoms with Crippen molar-refractivity contribution in [1.29, 1.82) is 0 Å². The van der Waals surface area contributed by atoms with E-state index in [9.17, 15) is 44.7 Å². The number of primary amides is 2. The van der Waals surface area contributed by atoms with E-state index in [0.717, 1.165) is 0 Å².